The number of rotatable bonds is 5. The van der Waals surface area contributed by atoms with Gasteiger partial charge in [-0.3, -0.25) is 4.79 Å². The van der Waals surface area contributed by atoms with Crippen molar-refractivity contribution in [2.24, 2.45) is 0 Å². The zero-order chi connectivity index (χ0) is 15.4. The first-order chi connectivity index (χ1) is 10.7. The van der Waals surface area contributed by atoms with Crippen LogP contribution < -0.4 is 9.47 Å². The van der Waals surface area contributed by atoms with Crippen LogP contribution in [0.4, 0.5) is 0 Å². The second-order valence-electron chi connectivity index (χ2n) is 4.76. The fourth-order valence-corrected chi connectivity index (χ4v) is 2.54. The maximum atomic E-state index is 10.6. The number of hydrogen-bond acceptors (Lipinski definition) is 4. The average molecular weight is 310 g/mol. The normalized spacial score (nSPS) is 10.2. The highest BCUT2D eigenvalue weighted by molar-refractivity contribution is 7.10. The van der Waals surface area contributed by atoms with Gasteiger partial charge in [0.15, 0.2) is 0 Å². The molecule has 0 saturated heterocycles. The summed E-state index contributed by atoms with van der Waals surface area (Å²) in [6, 6.07) is 16.4. The molecule has 3 aromatic rings. The largest absolute Gasteiger partial charge is 0.457 e. The van der Waals surface area contributed by atoms with Gasteiger partial charge in [-0.05, 0) is 61.5 Å². The van der Waals surface area contributed by atoms with Crippen molar-refractivity contribution >= 4 is 17.6 Å². The second kappa shape index (κ2) is 6.45. The van der Waals surface area contributed by atoms with E-state index in [2.05, 4.69) is 0 Å². The molecule has 2 aromatic carbocycles. The summed E-state index contributed by atoms with van der Waals surface area (Å²) >= 11 is 1.66. The third kappa shape index (κ3) is 3.54. The van der Waals surface area contributed by atoms with Crippen molar-refractivity contribution in [3.63, 3.8) is 0 Å². The van der Waals surface area contributed by atoms with Crippen molar-refractivity contribution in [1.82, 2.24) is 0 Å². The summed E-state index contributed by atoms with van der Waals surface area (Å²) in [5.41, 5.74) is 0.627. The molecule has 0 unspecified atom stereocenters. The predicted molar refractivity (Wildman–Crippen MR) is 87.5 cm³/mol. The molecule has 3 rings (SSSR count). The van der Waals surface area contributed by atoms with E-state index in [0.717, 1.165) is 17.8 Å². The standard InChI is InChI=1S/C18H14O3S/c1-13-10-18(12-22-13)21-17-8-6-16(7-9-17)20-15-4-2-14(11-19)3-5-15/h2-12H,1H3. The Hall–Kier alpha value is -2.59. The van der Waals surface area contributed by atoms with Crippen LogP contribution in [0.3, 0.4) is 0 Å². The molecule has 0 spiro atoms. The van der Waals surface area contributed by atoms with E-state index in [4.69, 9.17) is 9.47 Å². The SMILES string of the molecule is Cc1cc(Oc2ccc(Oc3ccc(C=O)cc3)cc2)cs1. The van der Waals surface area contributed by atoms with Gasteiger partial charge in [-0.25, -0.2) is 0 Å². The molecular weight excluding hydrogens is 296 g/mol. The first kappa shape index (κ1) is 14.4. The van der Waals surface area contributed by atoms with Crippen molar-refractivity contribution in [1.29, 1.82) is 0 Å². The minimum atomic E-state index is 0.627. The molecule has 0 bridgehead atoms. The predicted octanol–water partition coefficient (Wildman–Crippen LogP) is 5.45. The van der Waals surface area contributed by atoms with Crippen molar-refractivity contribution in [2.75, 3.05) is 0 Å². The van der Waals surface area contributed by atoms with Gasteiger partial charge in [0.1, 0.15) is 29.3 Å². The highest BCUT2D eigenvalue weighted by Crippen LogP contribution is 2.29. The number of carbonyl (C=O) groups is 1. The molecule has 1 aromatic heterocycles. The van der Waals surface area contributed by atoms with Crippen LogP contribution in [-0.4, -0.2) is 6.29 Å². The summed E-state index contributed by atoms with van der Waals surface area (Å²) in [6.07, 6.45) is 0.808. The van der Waals surface area contributed by atoms with Crippen LogP contribution in [0.1, 0.15) is 15.2 Å². The third-order valence-corrected chi connectivity index (χ3v) is 3.86. The summed E-state index contributed by atoms with van der Waals surface area (Å²) in [4.78, 5) is 11.8. The minimum Gasteiger partial charge on any atom is -0.457 e. The molecule has 0 atom stereocenters. The van der Waals surface area contributed by atoms with Gasteiger partial charge in [-0.15, -0.1) is 11.3 Å². The zero-order valence-electron chi connectivity index (χ0n) is 12.0. The number of benzene rings is 2. The van der Waals surface area contributed by atoms with Crippen LogP contribution >= 0.6 is 11.3 Å². The lowest BCUT2D eigenvalue weighted by Crippen LogP contribution is -1.86. The molecule has 0 aliphatic carbocycles. The molecular formula is C18H14O3S. The Labute approximate surface area is 132 Å². The maximum absolute atomic E-state index is 10.6. The molecule has 3 nitrogen and oxygen atoms in total. The summed E-state index contributed by atoms with van der Waals surface area (Å²) in [5, 5.41) is 1.98. The van der Waals surface area contributed by atoms with Gasteiger partial charge in [-0.2, -0.15) is 0 Å². The number of ether oxygens (including phenoxy) is 2. The summed E-state index contributed by atoms with van der Waals surface area (Å²) in [7, 11) is 0. The lowest BCUT2D eigenvalue weighted by atomic mass is 10.2. The minimum absolute atomic E-state index is 0.627. The van der Waals surface area contributed by atoms with E-state index >= 15 is 0 Å². The molecule has 110 valence electrons. The zero-order valence-corrected chi connectivity index (χ0v) is 12.8. The summed E-state index contributed by atoms with van der Waals surface area (Å²) in [5.74, 6) is 3.02. The Bertz CT molecular complexity index is 758. The monoisotopic (exact) mass is 310 g/mol. The van der Waals surface area contributed by atoms with Gasteiger partial charge < -0.3 is 9.47 Å². The summed E-state index contributed by atoms with van der Waals surface area (Å²) < 4.78 is 11.5. The van der Waals surface area contributed by atoms with Crippen LogP contribution in [0.15, 0.2) is 60.0 Å². The number of carbonyl (C=O) groups excluding carboxylic acids is 1. The average Bonchev–Trinajstić information content (AvgIpc) is 2.95. The molecule has 0 fully saturated rings. The van der Waals surface area contributed by atoms with Crippen molar-refractivity contribution in [3.8, 4) is 23.0 Å². The van der Waals surface area contributed by atoms with E-state index in [1.807, 2.05) is 42.6 Å². The van der Waals surface area contributed by atoms with Gasteiger partial charge in [0.05, 0.1) is 0 Å². The van der Waals surface area contributed by atoms with Crippen LogP contribution in [0, 0.1) is 6.92 Å². The van der Waals surface area contributed by atoms with E-state index in [-0.39, 0.29) is 0 Å². The fraction of sp³-hybridized carbons (Fsp3) is 0.0556. The van der Waals surface area contributed by atoms with Crippen LogP contribution in [0.25, 0.3) is 0 Å². The highest BCUT2D eigenvalue weighted by Gasteiger charge is 2.02. The Morgan fingerprint density at radius 1 is 0.818 bits per heavy atom. The van der Waals surface area contributed by atoms with E-state index in [9.17, 15) is 4.79 Å². The molecule has 4 heteroatoms. The fourth-order valence-electron chi connectivity index (χ4n) is 1.94. The van der Waals surface area contributed by atoms with E-state index < -0.39 is 0 Å². The number of aryl methyl sites for hydroxylation is 1. The summed E-state index contributed by atoms with van der Waals surface area (Å²) in [6.45, 7) is 2.05. The number of aldehydes is 1. The van der Waals surface area contributed by atoms with E-state index in [1.54, 1.807) is 35.6 Å². The van der Waals surface area contributed by atoms with Gasteiger partial charge >= 0.3 is 0 Å². The van der Waals surface area contributed by atoms with Crippen molar-refractivity contribution in [3.05, 3.63) is 70.4 Å². The van der Waals surface area contributed by atoms with Gasteiger partial charge in [0.2, 0.25) is 0 Å². The molecule has 0 amide bonds. The quantitative estimate of drug-likeness (QED) is 0.587. The Morgan fingerprint density at radius 2 is 1.32 bits per heavy atom. The van der Waals surface area contributed by atoms with Crippen molar-refractivity contribution in [2.45, 2.75) is 6.92 Å². The van der Waals surface area contributed by atoms with Gasteiger partial charge in [0.25, 0.3) is 0 Å². The molecule has 0 saturated carbocycles. The van der Waals surface area contributed by atoms with E-state index in [1.165, 1.54) is 4.88 Å². The Balaban J connectivity index is 1.66. The molecule has 0 aliphatic rings. The Kier molecular flexibility index (Phi) is 4.21. The van der Waals surface area contributed by atoms with Crippen LogP contribution in [0.5, 0.6) is 23.0 Å². The lowest BCUT2D eigenvalue weighted by Gasteiger charge is -2.07. The first-order valence-electron chi connectivity index (χ1n) is 6.79. The second-order valence-corrected chi connectivity index (χ2v) is 5.87. The smallest absolute Gasteiger partial charge is 0.150 e. The highest BCUT2D eigenvalue weighted by atomic mass is 32.1. The first-order valence-corrected chi connectivity index (χ1v) is 7.67. The van der Waals surface area contributed by atoms with Crippen LogP contribution in [-0.2, 0) is 0 Å². The van der Waals surface area contributed by atoms with E-state index in [0.29, 0.717) is 17.1 Å². The van der Waals surface area contributed by atoms with Gasteiger partial charge in [0, 0.05) is 15.8 Å². The molecule has 0 N–H and O–H groups in total. The van der Waals surface area contributed by atoms with Gasteiger partial charge in [-0.1, -0.05) is 0 Å². The number of thiophene rings is 1. The molecule has 0 radical (unpaired) electrons. The molecule has 22 heavy (non-hydrogen) atoms. The lowest BCUT2D eigenvalue weighted by molar-refractivity contribution is 0.112. The van der Waals surface area contributed by atoms with Crippen LogP contribution in [0.2, 0.25) is 0 Å². The third-order valence-electron chi connectivity index (χ3n) is 3.02. The molecule has 0 aliphatic heterocycles. The maximum Gasteiger partial charge on any atom is 0.150 e. The number of hydrogen-bond donors (Lipinski definition) is 0. The topological polar surface area (TPSA) is 35.5 Å². The molecule has 1 heterocycles. The van der Waals surface area contributed by atoms with Crippen molar-refractivity contribution < 1.29 is 14.3 Å². The Morgan fingerprint density at radius 3 is 1.77 bits per heavy atom.